The number of carbonyl (C=O) groups excluding carboxylic acids is 2. The highest BCUT2D eigenvalue weighted by Gasteiger charge is 2.50. The Morgan fingerprint density at radius 2 is 2.04 bits per heavy atom. The molecule has 1 saturated carbocycles. The third kappa shape index (κ3) is 4.03. The van der Waals surface area contributed by atoms with Crippen LogP contribution >= 0.6 is 27.5 Å². The van der Waals surface area contributed by atoms with Crippen molar-refractivity contribution >= 4 is 39.4 Å². The molecule has 2 aliphatic rings. The molecule has 1 aliphatic carbocycles. The van der Waals surface area contributed by atoms with Gasteiger partial charge in [0.15, 0.2) is 6.61 Å². The molecule has 1 saturated heterocycles. The lowest BCUT2D eigenvalue weighted by Crippen LogP contribution is -2.39. The number of amides is 1. The quantitative estimate of drug-likeness (QED) is 0.656. The predicted molar refractivity (Wildman–Crippen MR) is 101 cm³/mol. The smallest absolute Gasteiger partial charge is 0.340 e. The number of benzene rings is 1. The van der Waals surface area contributed by atoms with Gasteiger partial charge in [0.05, 0.1) is 10.6 Å². The normalized spacial score (nSPS) is 27.2. The van der Waals surface area contributed by atoms with Crippen LogP contribution in [0.3, 0.4) is 0 Å². The Balaban J connectivity index is 1.64. The fourth-order valence-corrected chi connectivity index (χ4v) is 5.25. The van der Waals surface area contributed by atoms with E-state index in [2.05, 4.69) is 36.7 Å². The Hall–Kier alpha value is -1.07. The lowest BCUT2D eigenvalue weighted by atomic mass is 9.65. The molecule has 3 rings (SSSR count). The van der Waals surface area contributed by atoms with Gasteiger partial charge in [0.1, 0.15) is 0 Å². The molecule has 1 aliphatic heterocycles. The Morgan fingerprint density at radius 3 is 2.76 bits per heavy atom. The van der Waals surface area contributed by atoms with Crippen LogP contribution in [0, 0.1) is 10.8 Å². The average Bonchev–Trinajstić information content (AvgIpc) is 2.76. The van der Waals surface area contributed by atoms with E-state index >= 15 is 0 Å². The molecule has 1 aromatic rings. The third-order valence-corrected chi connectivity index (χ3v) is 6.03. The van der Waals surface area contributed by atoms with E-state index < -0.39 is 5.97 Å². The average molecular weight is 429 g/mol. The van der Waals surface area contributed by atoms with Crippen LogP contribution in [0.1, 0.15) is 50.4 Å². The first kappa shape index (κ1) is 18.7. The molecule has 1 amide bonds. The van der Waals surface area contributed by atoms with E-state index in [4.69, 9.17) is 16.3 Å². The lowest BCUT2D eigenvalue weighted by molar-refractivity contribution is -0.135. The van der Waals surface area contributed by atoms with E-state index in [0.29, 0.717) is 5.02 Å². The van der Waals surface area contributed by atoms with Crippen LogP contribution < -0.4 is 0 Å². The van der Waals surface area contributed by atoms with E-state index in [1.54, 1.807) is 18.2 Å². The zero-order chi connectivity index (χ0) is 18.4. The summed E-state index contributed by atoms with van der Waals surface area (Å²) in [6.45, 7) is 7.28. The van der Waals surface area contributed by atoms with Crippen molar-refractivity contribution in [1.29, 1.82) is 0 Å². The number of hydrogen-bond acceptors (Lipinski definition) is 3. The van der Waals surface area contributed by atoms with Crippen molar-refractivity contribution in [2.75, 3.05) is 13.2 Å². The zero-order valence-electron chi connectivity index (χ0n) is 14.8. The minimum atomic E-state index is -0.576. The van der Waals surface area contributed by atoms with Crippen molar-refractivity contribution in [3.63, 3.8) is 0 Å². The van der Waals surface area contributed by atoms with Gasteiger partial charge in [-0.3, -0.25) is 4.79 Å². The van der Waals surface area contributed by atoms with Gasteiger partial charge in [0.25, 0.3) is 5.91 Å². The number of hydrogen-bond donors (Lipinski definition) is 0. The second-order valence-corrected chi connectivity index (χ2v) is 9.76. The number of nitrogens with zero attached hydrogens (tertiary/aromatic N) is 1. The van der Waals surface area contributed by atoms with Crippen LogP contribution in [0.25, 0.3) is 0 Å². The summed E-state index contributed by atoms with van der Waals surface area (Å²) in [6.07, 6.45) is 3.15. The van der Waals surface area contributed by atoms with Gasteiger partial charge in [-0.1, -0.05) is 48.3 Å². The third-order valence-electron chi connectivity index (χ3n) is 5.21. The van der Waals surface area contributed by atoms with Crippen molar-refractivity contribution in [1.82, 2.24) is 4.90 Å². The molecule has 1 aromatic carbocycles. The SMILES string of the molecule is CC1(C)C[C@H]2C[C@@](C)(CN2C(=O)COC(=O)c2cc(Br)ccc2Cl)C1. The summed E-state index contributed by atoms with van der Waals surface area (Å²) in [4.78, 5) is 26.8. The highest BCUT2D eigenvalue weighted by atomic mass is 79.9. The predicted octanol–water partition coefficient (Wildman–Crippen LogP) is 4.69. The molecule has 0 N–H and O–H groups in total. The number of fused-ring (bicyclic) bond motifs is 2. The summed E-state index contributed by atoms with van der Waals surface area (Å²) in [7, 11) is 0. The Morgan fingerprint density at radius 1 is 1.32 bits per heavy atom. The zero-order valence-corrected chi connectivity index (χ0v) is 17.1. The monoisotopic (exact) mass is 427 g/mol. The standard InChI is InChI=1S/C19H23BrClNO3/c1-18(2)7-13-8-19(3,10-18)11-22(13)16(23)9-25-17(24)14-6-12(20)4-5-15(14)21/h4-6,13H,7-11H2,1-3H3/t13-,19+/m0/s1. The van der Waals surface area contributed by atoms with E-state index in [1.165, 1.54) is 0 Å². The van der Waals surface area contributed by atoms with E-state index in [-0.39, 0.29) is 34.9 Å². The Bertz CT molecular complexity index is 721. The molecule has 2 fully saturated rings. The van der Waals surface area contributed by atoms with Gasteiger partial charge in [-0.15, -0.1) is 0 Å². The topological polar surface area (TPSA) is 46.6 Å². The van der Waals surface area contributed by atoms with Crippen LogP contribution in [-0.2, 0) is 9.53 Å². The highest BCUT2D eigenvalue weighted by Crippen LogP contribution is 2.52. The summed E-state index contributed by atoms with van der Waals surface area (Å²) < 4.78 is 5.97. The molecule has 0 unspecified atom stereocenters. The molecular formula is C19H23BrClNO3. The molecule has 0 aromatic heterocycles. The van der Waals surface area contributed by atoms with Gasteiger partial charge in [0.2, 0.25) is 0 Å². The maximum atomic E-state index is 12.6. The molecule has 6 heteroatoms. The van der Waals surface area contributed by atoms with Crippen molar-refractivity contribution in [3.8, 4) is 0 Å². The molecule has 0 radical (unpaired) electrons. The molecule has 25 heavy (non-hydrogen) atoms. The van der Waals surface area contributed by atoms with E-state index in [9.17, 15) is 9.59 Å². The molecule has 2 bridgehead atoms. The van der Waals surface area contributed by atoms with Crippen LogP contribution in [0.5, 0.6) is 0 Å². The van der Waals surface area contributed by atoms with Gasteiger partial charge in [-0.05, 0) is 48.3 Å². The molecule has 1 heterocycles. The second kappa shape index (κ2) is 6.58. The maximum Gasteiger partial charge on any atom is 0.340 e. The van der Waals surface area contributed by atoms with Gasteiger partial charge < -0.3 is 9.64 Å². The van der Waals surface area contributed by atoms with Gasteiger partial charge in [-0.2, -0.15) is 0 Å². The first-order chi connectivity index (χ1) is 11.6. The van der Waals surface area contributed by atoms with Crippen molar-refractivity contribution in [2.24, 2.45) is 10.8 Å². The van der Waals surface area contributed by atoms with Crippen molar-refractivity contribution in [3.05, 3.63) is 33.3 Å². The van der Waals surface area contributed by atoms with Gasteiger partial charge in [0, 0.05) is 17.1 Å². The summed E-state index contributed by atoms with van der Waals surface area (Å²) >= 11 is 9.34. The fourth-order valence-electron chi connectivity index (χ4n) is 4.69. The second-order valence-electron chi connectivity index (χ2n) is 8.44. The largest absolute Gasteiger partial charge is 0.452 e. The summed E-state index contributed by atoms with van der Waals surface area (Å²) in [5.74, 6) is -0.695. The molecule has 2 atom stereocenters. The summed E-state index contributed by atoms with van der Waals surface area (Å²) in [5.41, 5.74) is 0.671. The van der Waals surface area contributed by atoms with Gasteiger partial charge >= 0.3 is 5.97 Å². The Kier molecular flexibility index (Phi) is 4.93. The maximum absolute atomic E-state index is 12.6. The number of likely N-dealkylation sites (tertiary alicyclic amines) is 1. The van der Waals surface area contributed by atoms with Crippen LogP contribution in [0.2, 0.25) is 5.02 Å². The molecule has 0 spiro atoms. The lowest BCUT2D eigenvalue weighted by Gasteiger charge is -2.39. The Labute approximate surface area is 162 Å². The number of ether oxygens (including phenoxy) is 1. The molecule has 4 nitrogen and oxygen atoms in total. The summed E-state index contributed by atoms with van der Waals surface area (Å²) in [6, 6.07) is 5.21. The van der Waals surface area contributed by atoms with Crippen molar-refractivity contribution in [2.45, 2.75) is 46.1 Å². The first-order valence-electron chi connectivity index (χ1n) is 8.50. The van der Waals surface area contributed by atoms with Crippen molar-refractivity contribution < 1.29 is 14.3 Å². The van der Waals surface area contributed by atoms with Crippen LogP contribution in [0.15, 0.2) is 22.7 Å². The minimum absolute atomic E-state index is 0.120. The van der Waals surface area contributed by atoms with E-state index in [1.807, 2.05) is 4.90 Å². The van der Waals surface area contributed by atoms with E-state index in [0.717, 1.165) is 30.3 Å². The fraction of sp³-hybridized carbons (Fsp3) is 0.579. The molecule has 136 valence electrons. The number of rotatable bonds is 3. The van der Waals surface area contributed by atoms with Crippen LogP contribution in [-0.4, -0.2) is 36.0 Å². The number of esters is 1. The van der Waals surface area contributed by atoms with Gasteiger partial charge in [-0.25, -0.2) is 4.79 Å². The minimum Gasteiger partial charge on any atom is -0.452 e. The van der Waals surface area contributed by atoms with Crippen LogP contribution in [0.4, 0.5) is 0 Å². The number of halogens is 2. The number of carbonyl (C=O) groups is 2. The molecular weight excluding hydrogens is 406 g/mol. The highest BCUT2D eigenvalue weighted by molar-refractivity contribution is 9.10. The summed E-state index contributed by atoms with van der Waals surface area (Å²) in [5, 5.41) is 0.312. The first-order valence-corrected chi connectivity index (χ1v) is 9.67.